The Kier molecular flexibility index (Phi) is 4.76. The molecule has 0 radical (unpaired) electrons. The molecule has 0 amide bonds. The summed E-state index contributed by atoms with van der Waals surface area (Å²) in [5, 5.41) is 2.80. The summed E-state index contributed by atoms with van der Waals surface area (Å²) in [4.78, 5) is 16.4. The second-order valence-corrected chi connectivity index (χ2v) is 6.23. The van der Waals surface area contributed by atoms with Gasteiger partial charge in [0.2, 0.25) is 0 Å². The number of Topliss-reactive ketones (excluding diaryl/α,β-unsaturated/α-hetero) is 1. The predicted octanol–water partition coefficient (Wildman–Crippen LogP) is 4.09. The molecule has 0 N–H and O–H groups in total. The highest BCUT2D eigenvalue weighted by Gasteiger charge is 2.10. The minimum atomic E-state index is 0.218. The molecule has 0 aliphatic carbocycles. The molecule has 0 unspecified atom stereocenters. The molecule has 0 aliphatic heterocycles. The van der Waals surface area contributed by atoms with E-state index in [9.17, 15) is 4.79 Å². The number of nitrogens with zero attached hydrogens (tertiary/aromatic N) is 1. The molecule has 1 aromatic heterocycles. The third-order valence-corrected chi connectivity index (χ3v) is 4.35. The fraction of sp³-hybridized carbons (Fsp3) is 0.158. The largest absolute Gasteiger partial charge is 0.299 e. The van der Waals surface area contributed by atoms with Gasteiger partial charge in [-0.25, -0.2) is 4.98 Å². The number of benzene rings is 2. The normalized spacial score (nSPS) is 10.5. The van der Waals surface area contributed by atoms with Gasteiger partial charge in [-0.1, -0.05) is 54.6 Å². The van der Waals surface area contributed by atoms with Gasteiger partial charge in [-0.2, -0.15) is 0 Å². The van der Waals surface area contributed by atoms with Crippen LogP contribution < -0.4 is 0 Å². The molecule has 0 fully saturated rings. The number of aromatic nitrogens is 1. The summed E-state index contributed by atoms with van der Waals surface area (Å²) in [7, 11) is 0. The topological polar surface area (TPSA) is 30.0 Å². The molecule has 2 aromatic carbocycles. The van der Waals surface area contributed by atoms with Gasteiger partial charge < -0.3 is 0 Å². The molecule has 0 saturated heterocycles. The van der Waals surface area contributed by atoms with Crippen molar-refractivity contribution in [3.8, 4) is 0 Å². The summed E-state index contributed by atoms with van der Waals surface area (Å²) in [5.74, 6) is 0.218. The van der Waals surface area contributed by atoms with E-state index < -0.39 is 0 Å². The van der Waals surface area contributed by atoms with Crippen molar-refractivity contribution in [2.24, 2.45) is 0 Å². The SMILES string of the molecule is O=C(Cc1nccs1)Cc1ccccc1Cc1ccccc1. The maximum absolute atomic E-state index is 12.3. The van der Waals surface area contributed by atoms with E-state index in [-0.39, 0.29) is 5.78 Å². The van der Waals surface area contributed by atoms with Crippen molar-refractivity contribution in [2.75, 3.05) is 0 Å². The zero-order chi connectivity index (χ0) is 15.2. The van der Waals surface area contributed by atoms with Gasteiger partial charge in [0.15, 0.2) is 0 Å². The predicted molar refractivity (Wildman–Crippen MR) is 90.2 cm³/mol. The lowest BCUT2D eigenvalue weighted by Gasteiger charge is -2.09. The van der Waals surface area contributed by atoms with E-state index >= 15 is 0 Å². The standard InChI is InChI=1S/C19H17NOS/c21-18(14-19-20-10-11-22-19)13-17-9-5-4-8-16(17)12-15-6-2-1-3-7-15/h1-11H,12-14H2. The monoisotopic (exact) mass is 307 g/mol. The lowest BCUT2D eigenvalue weighted by Crippen LogP contribution is -2.08. The second-order valence-electron chi connectivity index (χ2n) is 5.25. The molecule has 0 aliphatic rings. The van der Waals surface area contributed by atoms with Crippen LogP contribution in [0.1, 0.15) is 21.7 Å². The van der Waals surface area contributed by atoms with Crippen LogP contribution >= 0.6 is 11.3 Å². The maximum atomic E-state index is 12.3. The Balaban J connectivity index is 1.72. The van der Waals surface area contributed by atoms with E-state index in [1.54, 1.807) is 6.20 Å². The van der Waals surface area contributed by atoms with E-state index in [1.165, 1.54) is 22.5 Å². The second kappa shape index (κ2) is 7.14. The van der Waals surface area contributed by atoms with E-state index in [2.05, 4.69) is 29.2 Å². The molecule has 1 heterocycles. The number of carbonyl (C=O) groups excluding carboxylic acids is 1. The Morgan fingerprint density at radius 3 is 2.36 bits per heavy atom. The molecular formula is C19H17NOS. The van der Waals surface area contributed by atoms with Gasteiger partial charge in [0, 0.05) is 18.0 Å². The fourth-order valence-corrected chi connectivity index (χ4v) is 3.15. The number of rotatable bonds is 6. The number of carbonyl (C=O) groups is 1. The molecule has 3 rings (SSSR count). The van der Waals surface area contributed by atoms with Crippen molar-refractivity contribution >= 4 is 17.1 Å². The van der Waals surface area contributed by atoms with Crippen molar-refractivity contribution in [1.82, 2.24) is 4.98 Å². The van der Waals surface area contributed by atoms with Crippen LogP contribution in [-0.4, -0.2) is 10.8 Å². The summed E-state index contributed by atoms with van der Waals surface area (Å²) in [6.45, 7) is 0. The molecule has 3 aromatic rings. The first-order valence-corrected chi connectivity index (χ1v) is 8.20. The van der Waals surface area contributed by atoms with Gasteiger partial charge in [-0.15, -0.1) is 11.3 Å². The van der Waals surface area contributed by atoms with Gasteiger partial charge in [0.05, 0.1) is 11.4 Å². The van der Waals surface area contributed by atoms with Gasteiger partial charge >= 0.3 is 0 Å². The highest BCUT2D eigenvalue weighted by Crippen LogP contribution is 2.16. The molecule has 0 bridgehead atoms. The number of hydrogen-bond donors (Lipinski definition) is 0. The zero-order valence-corrected chi connectivity index (χ0v) is 13.1. The van der Waals surface area contributed by atoms with E-state index in [1.807, 2.05) is 35.7 Å². The molecule has 2 nitrogen and oxygen atoms in total. The lowest BCUT2D eigenvalue weighted by molar-refractivity contribution is -0.117. The summed E-state index contributed by atoms with van der Waals surface area (Å²) >= 11 is 1.54. The van der Waals surface area contributed by atoms with E-state index in [0.29, 0.717) is 12.8 Å². The van der Waals surface area contributed by atoms with E-state index in [4.69, 9.17) is 0 Å². The van der Waals surface area contributed by atoms with Crippen LogP contribution in [0.25, 0.3) is 0 Å². The molecule has 110 valence electrons. The van der Waals surface area contributed by atoms with Crippen LogP contribution in [0.5, 0.6) is 0 Å². The molecule has 22 heavy (non-hydrogen) atoms. The summed E-state index contributed by atoms with van der Waals surface area (Å²) < 4.78 is 0. The Morgan fingerprint density at radius 2 is 1.64 bits per heavy atom. The Hall–Kier alpha value is -2.26. The summed E-state index contributed by atoms with van der Waals surface area (Å²) in [6, 6.07) is 18.6. The lowest BCUT2D eigenvalue weighted by atomic mass is 9.96. The fourth-order valence-electron chi connectivity index (χ4n) is 2.50. The van der Waals surface area contributed by atoms with Crippen LogP contribution in [0.3, 0.4) is 0 Å². The van der Waals surface area contributed by atoms with Crippen LogP contribution in [-0.2, 0) is 24.1 Å². The molecule has 0 saturated carbocycles. The molecular weight excluding hydrogens is 290 g/mol. The zero-order valence-electron chi connectivity index (χ0n) is 12.2. The highest BCUT2D eigenvalue weighted by atomic mass is 32.1. The third kappa shape index (κ3) is 3.89. The first kappa shape index (κ1) is 14.7. The Labute approximate surface area is 134 Å². The van der Waals surface area contributed by atoms with Gasteiger partial charge in [-0.3, -0.25) is 4.79 Å². The summed E-state index contributed by atoms with van der Waals surface area (Å²) in [6.07, 6.45) is 3.51. The maximum Gasteiger partial charge on any atom is 0.144 e. The number of ketones is 1. The van der Waals surface area contributed by atoms with Crippen molar-refractivity contribution in [2.45, 2.75) is 19.3 Å². The summed E-state index contributed by atoms with van der Waals surface area (Å²) in [5.41, 5.74) is 3.61. The van der Waals surface area contributed by atoms with Crippen molar-refractivity contribution in [3.05, 3.63) is 87.9 Å². The van der Waals surface area contributed by atoms with Gasteiger partial charge in [0.1, 0.15) is 5.78 Å². The van der Waals surface area contributed by atoms with Gasteiger partial charge in [0.25, 0.3) is 0 Å². The van der Waals surface area contributed by atoms with Crippen LogP contribution in [0.4, 0.5) is 0 Å². The smallest absolute Gasteiger partial charge is 0.144 e. The van der Waals surface area contributed by atoms with Crippen LogP contribution in [0, 0.1) is 0 Å². The minimum absolute atomic E-state index is 0.218. The quantitative estimate of drug-likeness (QED) is 0.686. The van der Waals surface area contributed by atoms with Crippen molar-refractivity contribution < 1.29 is 4.79 Å². The minimum Gasteiger partial charge on any atom is -0.299 e. The first-order chi connectivity index (χ1) is 10.8. The van der Waals surface area contributed by atoms with Crippen molar-refractivity contribution in [3.63, 3.8) is 0 Å². The van der Waals surface area contributed by atoms with Crippen molar-refractivity contribution in [1.29, 1.82) is 0 Å². The highest BCUT2D eigenvalue weighted by molar-refractivity contribution is 7.09. The van der Waals surface area contributed by atoms with Crippen LogP contribution in [0.2, 0.25) is 0 Å². The first-order valence-electron chi connectivity index (χ1n) is 7.32. The number of hydrogen-bond acceptors (Lipinski definition) is 3. The average molecular weight is 307 g/mol. The van der Waals surface area contributed by atoms with Crippen LogP contribution in [0.15, 0.2) is 66.2 Å². The molecule has 0 spiro atoms. The molecule has 0 atom stereocenters. The average Bonchev–Trinajstić information content (AvgIpc) is 3.03. The van der Waals surface area contributed by atoms with Gasteiger partial charge in [-0.05, 0) is 23.1 Å². The Morgan fingerprint density at radius 1 is 0.909 bits per heavy atom. The third-order valence-electron chi connectivity index (χ3n) is 3.58. The van der Waals surface area contributed by atoms with E-state index in [0.717, 1.165) is 17.0 Å². The molecule has 3 heteroatoms. The Bertz CT molecular complexity index is 735. The number of thiazole rings is 1.